The number of carbonyl (C=O) groups is 2. The summed E-state index contributed by atoms with van der Waals surface area (Å²) in [5.74, 6) is -1.29. The molecule has 0 aromatic rings. The van der Waals surface area contributed by atoms with E-state index in [9.17, 15) is 31.2 Å². The third-order valence-corrected chi connectivity index (χ3v) is 8.69. The zero-order valence-corrected chi connectivity index (χ0v) is 16.9. The van der Waals surface area contributed by atoms with Crippen molar-refractivity contribution in [2.45, 2.75) is 68.1 Å². The minimum absolute atomic E-state index is 0.0396. The molecule has 1 aliphatic heterocycles. The van der Waals surface area contributed by atoms with Gasteiger partial charge < -0.3 is 15.0 Å². The monoisotopic (exact) mass is 449 g/mol. The van der Waals surface area contributed by atoms with Crippen LogP contribution in [0, 0.1) is 22.7 Å². The van der Waals surface area contributed by atoms with Crippen LogP contribution in [-0.4, -0.2) is 60.8 Å². The van der Waals surface area contributed by atoms with Gasteiger partial charge in [-0.1, -0.05) is 0 Å². The van der Waals surface area contributed by atoms with Crippen LogP contribution in [0.5, 0.6) is 0 Å². The maximum atomic E-state index is 13.5. The van der Waals surface area contributed by atoms with E-state index < -0.39 is 57.0 Å². The molecule has 2 amide bonds. The predicted molar refractivity (Wildman–Crippen MR) is 95.3 cm³/mol. The minimum Gasteiger partial charge on any atom is -0.425 e. The topological polar surface area (TPSA) is 117 Å². The number of nitriles is 1. The molecule has 0 unspecified atom stereocenters. The first-order valence-corrected chi connectivity index (χ1v) is 11.6. The number of amides is 2. The van der Waals surface area contributed by atoms with Crippen LogP contribution in [0.3, 0.4) is 0 Å². The fourth-order valence-electron chi connectivity index (χ4n) is 3.85. The van der Waals surface area contributed by atoms with Crippen molar-refractivity contribution in [3.63, 3.8) is 0 Å². The molecule has 0 spiro atoms. The first kappa shape index (κ1) is 21.2. The quantitative estimate of drug-likeness (QED) is 0.662. The van der Waals surface area contributed by atoms with E-state index in [-0.39, 0.29) is 30.9 Å². The number of nitrogens with zero attached hydrogens (tertiary/aromatic N) is 2. The number of alkyl carbamates (subject to hydrolysis) is 1. The zero-order valence-electron chi connectivity index (χ0n) is 16.1. The summed E-state index contributed by atoms with van der Waals surface area (Å²) in [5.41, 5.74) is -3.60. The van der Waals surface area contributed by atoms with E-state index in [0.29, 0.717) is 12.8 Å². The highest BCUT2D eigenvalue weighted by molar-refractivity contribution is 7.92. The summed E-state index contributed by atoms with van der Waals surface area (Å²) in [5, 5.41) is 10.3. The van der Waals surface area contributed by atoms with Crippen molar-refractivity contribution in [2.24, 2.45) is 11.3 Å². The number of ether oxygens (including phenoxy) is 1. The number of halogens is 3. The van der Waals surface area contributed by atoms with Gasteiger partial charge in [0.25, 0.3) is 0 Å². The Balaban J connectivity index is 1.52. The van der Waals surface area contributed by atoms with E-state index in [1.54, 1.807) is 0 Å². The molecule has 0 aromatic carbocycles. The lowest BCUT2D eigenvalue weighted by molar-refractivity contribution is -0.201. The number of alkyl halides is 3. The average Bonchev–Trinajstić information content (AvgIpc) is 3.50. The molecular weight excluding hydrogens is 427 g/mol. The number of carbonyl (C=O) groups excluding carboxylic acids is 2. The van der Waals surface area contributed by atoms with Crippen molar-refractivity contribution < 1.29 is 35.9 Å². The summed E-state index contributed by atoms with van der Waals surface area (Å²) in [6.45, 7) is -0.437. The van der Waals surface area contributed by atoms with Crippen LogP contribution in [0.1, 0.15) is 44.9 Å². The third-order valence-electron chi connectivity index (χ3n) is 6.40. The summed E-state index contributed by atoms with van der Waals surface area (Å²) >= 11 is 0. The van der Waals surface area contributed by atoms with E-state index in [2.05, 4.69) is 5.32 Å². The van der Waals surface area contributed by atoms with Crippen LogP contribution >= 0.6 is 0 Å². The van der Waals surface area contributed by atoms with Gasteiger partial charge in [0.2, 0.25) is 5.91 Å². The van der Waals surface area contributed by atoms with Crippen LogP contribution in [0.2, 0.25) is 0 Å². The van der Waals surface area contributed by atoms with E-state index in [0.717, 1.165) is 17.7 Å². The zero-order chi connectivity index (χ0) is 21.9. The molecule has 1 saturated heterocycles. The van der Waals surface area contributed by atoms with Gasteiger partial charge in [0.05, 0.1) is 17.1 Å². The summed E-state index contributed by atoms with van der Waals surface area (Å²) in [4.78, 5) is 25.7. The van der Waals surface area contributed by atoms with Gasteiger partial charge in [0.1, 0.15) is 11.0 Å². The smallest absolute Gasteiger partial charge is 0.410 e. The average molecular weight is 449 g/mol. The lowest BCUT2D eigenvalue weighted by Gasteiger charge is -2.29. The van der Waals surface area contributed by atoms with Crippen molar-refractivity contribution >= 4 is 21.8 Å². The van der Waals surface area contributed by atoms with E-state index in [1.165, 1.54) is 0 Å². The Morgan fingerprint density at radius 2 is 1.83 bits per heavy atom. The number of rotatable bonds is 6. The molecule has 3 aliphatic carbocycles. The summed E-state index contributed by atoms with van der Waals surface area (Å²) < 4.78 is 70.9. The van der Waals surface area contributed by atoms with E-state index in [4.69, 9.17) is 10.00 Å². The predicted octanol–water partition coefficient (Wildman–Crippen LogP) is 1.86. The van der Waals surface area contributed by atoms with Crippen molar-refractivity contribution in [1.82, 2.24) is 10.2 Å². The van der Waals surface area contributed by atoms with Crippen LogP contribution < -0.4 is 5.32 Å². The first-order chi connectivity index (χ1) is 13.9. The Kier molecular flexibility index (Phi) is 4.76. The Morgan fingerprint density at radius 3 is 2.30 bits per heavy atom. The van der Waals surface area contributed by atoms with E-state index in [1.807, 2.05) is 6.07 Å². The van der Waals surface area contributed by atoms with Gasteiger partial charge in [0, 0.05) is 13.0 Å². The number of likely N-dealkylation sites (tertiary alicyclic amines) is 1. The highest BCUT2D eigenvalue weighted by Gasteiger charge is 2.70. The number of hydrogen-bond donors (Lipinski definition) is 1. The van der Waals surface area contributed by atoms with Crippen molar-refractivity contribution in [3.05, 3.63) is 0 Å². The molecule has 4 rings (SSSR count). The maximum absolute atomic E-state index is 13.5. The highest BCUT2D eigenvalue weighted by Crippen LogP contribution is 2.59. The molecule has 4 fully saturated rings. The normalized spacial score (nSPS) is 29.1. The fraction of sp³-hybridized carbons (Fsp3) is 0.833. The molecule has 12 heteroatoms. The summed E-state index contributed by atoms with van der Waals surface area (Å²) in [6.07, 6.45) is -5.86. The Bertz CT molecular complexity index is 901. The van der Waals surface area contributed by atoms with Gasteiger partial charge in [-0.2, -0.15) is 18.4 Å². The standard InChI is InChI=1S/C18H22F3N3O5S/c19-18(20,21)17(5-6-17)14(25)24-8-12(30(27,28)9-11-1-2-11)7-13(24)29-15(26)23-16(10-22)3-4-16/h11-13H,1-9H2,(H,23,26)/t12-,13+/m1/s1. The van der Waals surface area contributed by atoms with Gasteiger partial charge in [0.15, 0.2) is 16.1 Å². The molecule has 0 radical (unpaired) electrons. The molecule has 166 valence electrons. The van der Waals surface area contributed by atoms with Crippen molar-refractivity contribution in [3.8, 4) is 6.07 Å². The molecule has 0 aromatic heterocycles. The van der Waals surface area contributed by atoms with Crippen molar-refractivity contribution in [1.29, 1.82) is 5.26 Å². The van der Waals surface area contributed by atoms with Gasteiger partial charge in [-0.05, 0) is 44.4 Å². The number of hydrogen-bond acceptors (Lipinski definition) is 6. The van der Waals surface area contributed by atoms with Crippen molar-refractivity contribution in [2.75, 3.05) is 12.3 Å². The lowest BCUT2D eigenvalue weighted by Crippen LogP contribution is -2.49. The summed E-state index contributed by atoms with van der Waals surface area (Å²) in [6, 6.07) is 1.92. The second-order valence-corrected chi connectivity index (χ2v) is 11.2. The number of nitrogens with one attached hydrogen (secondary N) is 1. The fourth-order valence-corrected chi connectivity index (χ4v) is 5.96. The van der Waals surface area contributed by atoms with Crippen LogP contribution in [-0.2, 0) is 19.4 Å². The molecule has 30 heavy (non-hydrogen) atoms. The first-order valence-electron chi connectivity index (χ1n) is 9.91. The third kappa shape index (κ3) is 3.84. The van der Waals surface area contributed by atoms with Crippen LogP contribution in [0.25, 0.3) is 0 Å². The maximum Gasteiger partial charge on any atom is 0.410 e. The number of sulfone groups is 1. The molecule has 1 heterocycles. The molecule has 2 atom stereocenters. The molecule has 4 aliphatic rings. The molecule has 3 saturated carbocycles. The molecule has 1 N–H and O–H groups in total. The Morgan fingerprint density at radius 1 is 1.20 bits per heavy atom. The SMILES string of the molecule is N#CC1(NC(=O)O[C@H]2C[C@@H](S(=O)(=O)CC3CC3)CN2C(=O)C2(C(F)(F)F)CC2)CC1. The lowest BCUT2D eigenvalue weighted by atomic mass is 10.1. The largest absolute Gasteiger partial charge is 0.425 e. The highest BCUT2D eigenvalue weighted by atomic mass is 32.2. The van der Waals surface area contributed by atoms with Crippen LogP contribution in [0.4, 0.5) is 18.0 Å². The summed E-state index contributed by atoms with van der Waals surface area (Å²) in [7, 11) is -3.66. The molecule has 0 bridgehead atoms. The minimum atomic E-state index is -4.76. The second-order valence-electron chi connectivity index (χ2n) is 8.85. The molecule has 8 nitrogen and oxygen atoms in total. The second kappa shape index (κ2) is 6.73. The van der Waals surface area contributed by atoms with Gasteiger partial charge >= 0.3 is 12.3 Å². The van der Waals surface area contributed by atoms with Gasteiger partial charge in [-0.3, -0.25) is 4.79 Å². The van der Waals surface area contributed by atoms with Gasteiger partial charge in [-0.15, -0.1) is 0 Å². The molecular formula is C18H22F3N3O5S. The van der Waals surface area contributed by atoms with E-state index >= 15 is 0 Å². The van der Waals surface area contributed by atoms with Gasteiger partial charge in [-0.25, -0.2) is 13.2 Å². The van der Waals surface area contributed by atoms with Crippen LogP contribution in [0.15, 0.2) is 0 Å². The Hall–Kier alpha value is -2.03. The Labute approximate surface area is 171 Å².